The number of nitrogens with zero attached hydrogens (tertiary/aromatic N) is 3. The summed E-state index contributed by atoms with van der Waals surface area (Å²) < 4.78 is 7.13. The van der Waals surface area contributed by atoms with Crippen LogP contribution in [0, 0.1) is 5.92 Å². The third kappa shape index (κ3) is 6.21. The Balaban J connectivity index is 1.37. The zero-order chi connectivity index (χ0) is 27.7. The first-order valence-electron chi connectivity index (χ1n) is 12.8. The molecule has 0 unspecified atom stereocenters. The van der Waals surface area contributed by atoms with Crippen molar-refractivity contribution in [2.75, 3.05) is 11.9 Å². The van der Waals surface area contributed by atoms with Gasteiger partial charge in [-0.3, -0.25) is 9.59 Å². The van der Waals surface area contributed by atoms with Crippen LogP contribution in [0.4, 0.5) is 5.82 Å². The number of carbonyl (C=O) groups is 2. The van der Waals surface area contributed by atoms with Gasteiger partial charge in [0.05, 0.1) is 34.2 Å². The number of halogens is 2. The number of benzene rings is 2. The molecule has 1 N–H and O–H groups in total. The lowest BCUT2D eigenvalue weighted by Crippen LogP contribution is -2.38. The SMILES string of the molecule is CC(C)(C)c1cc(NC(=O)CN(Cc2ccco2)C(=O)[C@H]2C[C@H]2c2ccccc2)n(-c2ccc(Cl)c(Cl)c2)n1. The summed E-state index contributed by atoms with van der Waals surface area (Å²) in [5, 5.41) is 8.51. The Labute approximate surface area is 237 Å². The van der Waals surface area contributed by atoms with E-state index in [0.29, 0.717) is 27.3 Å². The summed E-state index contributed by atoms with van der Waals surface area (Å²) in [5.41, 5.74) is 2.32. The average molecular weight is 566 g/mol. The van der Waals surface area contributed by atoms with Crippen LogP contribution in [0.5, 0.6) is 0 Å². The van der Waals surface area contributed by atoms with Crippen LogP contribution >= 0.6 is 23.2 Å². The second-order valence-electron chi connectivity index (χ2n) is 10.9. The average Bonchev–Trinajstić information content (AvgIpc) is 3.30. The highest BCUT2D eigenvalue weighted by Gasteiger charge is 2.46. The molecule has 1 aliphatic carbocycles. The molecule has 7 nitrogen and oxygen atoms in total. The number of hydrogen-bond acceptors (Lipinski definition) is 4. The Morgan fingerprint density at radius 3 is 2.49 bits per heavy atom. The number of amides is 2. The van der Waals surface area contributed by atoms with E-state index in [9.17, 15) is 9.59 Å². The van der Waals surface area contributed by atoms with Crippen molar-refractivity contribution >= 4 is 40.8 Å². The van der Waals surface area contributed by atoms with E-state index in [-0.39, 0.29) is 42.2 Å². The van der Waals surface area contributed by atoms with E-state index in [0.717, 1.165) is 17.7 Å². The maximum Gasteiger partial charge on any atom is 0.245 e. The molecule has 202 valence electrons. The van der Waals surface area contributed by atoms with Crippen molar-refractivity contribution in [3.05, 3.63) is 100 Å². The van der Waals surface area contributed by atoms with E-state index in [1.165, 1.54) is 0 Å². The minimum absolute atomic E-state index is 0.0659. The third-order valence-electron chi connectivity index (χ3n) is 6.80. The van der Waals surface area contributed by atoms with E-state index < -0.39 is 0 Å². The predicted octanol–water partition coefficient (Wildman–Crippen LogP) is 6.84. The highest BCUT2D eigenvalue weighted by atomic mass is 35.5. The van der Waals surface area contributed by atoms with Crippen LogP contribution in [-0.4, -0.2) is 33.0 Å². The van der Waals surface area contributed by atoms with Gasteiger partial charge in [0.25, 0.3) is 0 Å². The number of rotatable bonds is 8. The first-order valence-corrected chi connectivity index (χ1v) is 13.6. The fourth-order valence-electron chi connectivity index (χ4n) is 4.58. The number of anilines is 1. The molecule has 2 amide bonds. The fraction of sp³-hybridized carbons (Fsp3) is 0.300. The molecule has 1 saturated carbocycles. The summed E-state index contributed by atoms with van der Waals surface area (Å²) in [5.74, 6) is 0.680. The number of furan rings is 1. The monoisotopic (exact) mass is 564 g/mol. The molecule has 0 bridgehead atoms. The van der Waals surface area contributed by atoms with Gasteiger partial charge in [-0.15, -0.1) is 0 Å². The molecule has 0 spiro atoms. The molecule has 4 aromatic rings. The van der Waals surface area contributed by atoms with Crippen LogP contribution in [0.1, 0.15) is 50.1 Å². The highest BCUT2D eigenvalue weighted by Crippen LogP contribution is 2.48. The van der Waals surface area contributed by atoms with Crippen molar-refractivity contribution in [3.63, 3.8) is 0 Å². The smallest absolute Gasteiger partial charge is 0.245 e. The largest absolute Gasteiger partial charge is 0.467 e. The minimum Gasteiger partial charge on any atom is -0.467 e. The van der Waals surface area contributed by atoms with Crippen LogP contribution in [0.15, 0.2) is 77.4 Å². The third-order valence-corrected chi connectivity index (χ3v) is 7.54. The van der Waals surface area contributed by atoms with Gasteiger partial charge >= 0.3 is 0 Å². The van der Waals surface area contributed by atoms with Gasteiger partial charge in [0.15, 0.2) is 0 Å². The molecule has 2 heterocycles. The Hall–Kier alpha value is -3.55. The van der Waals surface area contributed by atoms with Crippen molar-refractivity contribution in [1.82, 2.24) is 14.7 Å². The number of nitrogens with one attached hydrogen (secondary N) is 1. The zero-order valence-electron chi connectivity index (χ0n) is 22.0. The quantitative estimate of drug-likeness (QED) is 0.254. The van der Waals surface area contributed by atoms with E-state index in [2.05, 4.69) is 5.32 Å². The first-order chi connectivity index (χ1) is 18.6. The molecule has 1 aliphatic rings. The van der Waals surface area contributed by atoms with Gasteiger partial charge < -0.3 is 14.6 Å². The van der Waals surface area contributed by atoms with E-state index in [1.807, 2.05) is 57.2 Å². The van der Waals surface area contributed by atoms with Crippen molar-refractivity contribution in [3.8, 4) is 5.69 Å². The fourth-order valence-corrected chi connectivity index (χ4v) is 4.87. The van der Waals surface area contributed by atoms with Crippen molar-refractivity contribution in [2.45, 2.75) is 45.1 Å². The minimum atomic E-state index is -0.339. The molecule has 9 heteroatoms. The van der Waals surface area contributed by atoms with Crippen molar-refractivity contribution in [1.29, 1.82) is 0 Å². The summed E-state index contributed by atoms with van der Waals surface area (Å²) in [7, 11) is 0. The van der Waals surface area contributed by atoms with Gasteiger partial charge in [-0.1, -0.05) is 74.3 Å². The molecular weight excluding hydrogens is 535 g/mol. The van der Waals surface area contributed by atoms with E-state index in [4.69, 9.17) is 32.7 Å². The van der Waals surface area contributed by atoms with Crippen molar-refractivity contribution in [2.24, 2.45) is 5.92 Å². The van der Waals surface area contributed by atoms with Gasteiger partial charge in [0.1, 0.15) is 18.1 Å². The van der Waals surface area contributed by atoms with Crippen LogP contribution in [-0.2, 0) is 21.5 Å². The van der Waals surface area contributed by atoms with Crippen LogP contribution in [0.3, 0.4) is 0 Å². The first kappa shape index (κ1) is 27.0. The highest BCUT2D eigenvalue weighted by molar-refractivity contribution is 6.42. The molecule has 0 saturated heterocycles. The lowest BCUT2D eigenvalue weighted by atomic mass is 9.92. The molecule has 2 aromatic carbocycles. The van der Waals surface area contributed by atoms with Crippen LogP contribution in [0.25, 0.3) is 5.69 Å². The molecule has 2 atom stereocenters. The van der Waals surface area contributed by atoms with Gasteiger partial charge in [-0.2, -0.15) is 5.10 Å². The lowest BCUT2D eigenvalue weighted by molar-refractivity contribution is -0.136. The standard InChI is InChI=1S/C30H30Cl2N4O3/c1-30(2,3)26-16-27(36(34-26)20-11-12-24(31)25(32)14-20)33-28(37)18-35(17-21-10-7-13-39-21)29(38)23-15-22(23)19-8-5-4-6-9-19/h4-14,16,22-23H,15,17-18H2,1-3H3,(H,33,37)/t22-,23-/m0/s1. The predicted molar refractivity (Wildman–Crippen MR) is 152 cm³/mol. The molecule has 39 heavy (non-hydrogen) atoms. The van der Waals surface area contributed by atoms with Gasteiger partial charge in [0, 0.05) is 17.4 Å². The van der Waals surface area contributed by atoms with E-state index in [1.54, 1.807) is 46.2 Å². The summed E-state index contributed by atoms with van der Waals surface area (Å²) >= 11 is 12.4. The second-order valence-corrected chi connectivity index (χ2v) is 11.7. The van der Waals surface area contributed by atoms with E-state index >= 15 is 0 Å². The number of hydrogen-bond donors (Lipinski definition) is 1. The summed E-state index contributed by atoms with van der Waals surface area (Å²) in [6.07, 6.45) is 2.32. The molecule has 2 aromatic heterocycles. The van der Waals surface area contributed by atoms with Crippen LogP contribution in [0.2, 0.25) is 10.0 Å². The normalized spacial score (nSPS) is 16.6. The number of aromatic nitrogens is 2. The lowest BCUT2D eigenvalue weighted by Gasteiger charge is -2.21. The Morgan fingerprint density at radius 2 is 1.82 bits per heavy atom. The van der Waals surface area contributed by atoms with Gasteiger partial charge in [-0.25, -0.2) is 4.68 Å². The maximum atomic E-state index is 13.6. The zero-order valence-corrected chi connectivity index (χ0v) is 23.5. The number of carbonyl (C=O) groups excluding carboxylic acids is 2. The maximum absolute atomic E-state index is 13.6. The summed E-state index contributed by atoms with van der Waals surface area (Å²) in [6.45, 7) is 6.21. The molecular formula is C30H30Cl2N4O3. The topological polar surface area (TPSA) is 80.4 Å². The Kier molecular flexibility index (Phi) is 7.56. The van der Waals surface area contributed by atoms with Gasteiger partial charge in [-0.05, 0) is 48.2 Å². The Morgan fingerprint density at radius 1 is 1.05 bits per heavy atom. The summed E-state index contributed by atoms with van der Waals surface area (Å²) in [4.78, 5) is 28.5. The summed E-state index contributed by atoms with van der Waals surface area (Å²) in [6, 6.07) is 20.6. The molecule has 5 rings (SSSR count). The Bertz CT molecular complexity index is 1480. The molecule has 0 aliphatic heterocycles. The second kappa shape index (κ2) is 10.9. The van der Waals surface area contributed by atoms with Crippen LogP contribution < -0.4 is 5.32 Å². The van der Waals surface area contributed by atoms with Gasteiger partial charge in [0.2, 0.25) is 11.8 Å². The van der Waals surface area contributed by atoms with Crippen molar-refractivity contribution < 1.29 is 14.0 Å². The molecule has 0 radical (unpaired) electrons. The molecule has 1 fully saturated rings.